The molecule has 0 spiro atoms. The first-order chi connectivity index (χ1) is 11.0. The van der Waals surface area contributed by atoms with Crippen molar-refractivity contribution in [3.05, 3.63) is 24.6 Å². The zero-order valence-corrected chi connectivity index (χ0v) is 16.2. The Balaban J connectivity index is 3.66. The highest BCUT2D eigenvalue weighted by molar-refractivity contribution is 9.13. The highest BCUT2D eigenvalue weighted by atomic mass is 79.9. The van der Waals surface area contributed by atoms with Crippen molar-refractivity contribution in [2.24, 2.45) is 5.92 Å². The topological polar surface area (TPSA) is 152 Å². The standard InChI is InChI=1S/C13H9Br3O8/c14-7-5(8(15)10(19)11(20)9(7)16)1-3(12(21)22)4(13(23)24)2-6(17)18/h1,4,19-20H,2H2,(H,17,18)(H,21,22)(H,23,24)/b3-1+/t4-/m0/s1. The zero-order chi connectivity index (χ0) is 18.8. The fourth-order valence-corrected chi connectivity index (χ4v) is 3.42. The molecular formula is C13H9Br3O8. The molecule has 24 heavy (non-hydrogen) atoms. The van der Waals surface area contributed by atoms with Crippen molar-refractivity contribution in [2.75, 3.05) is 0 Å². The first kappa shape index (κ1) is 20.5. The molecule has 8 nitrogen and oxygen atoms in total. The van der Waals surface area contributed by atoms with E-state index in [4.69, 9.17) is 10.2 Å². The lowest BCUT2D eigenvalue weighted by atomic mass is 9.93. The largest absolute Gasteiger partial charge is 0.503 e. The van der Waals surface area contributed by atoms with Crippen LogP contribution < -0.4 is 0 Å². The molecule has 1 aromatic rings. The minimum Gasteiger partial charge on any atom is -0.503 e. The summed E-state index contributed by atoms with van der Waals surface area (Å²) in [5, 5.41) is 46.7. The highest BCUT2D eigenvalue weighted by Gasteiger charge is 2.31. The van der Waals surface area contributed by atoms with Crippen LogP contribution in [-0.2, 0) is 14.4 Å². The Morgan fingerprint density at radius 2 is 1.42 bits per heavy atom. The number of aliphatic carboxylic acids is 3. The van der Waals surface area contributed by atoms with E-state index in [0.717, 1.165) is 6.08 Å². The van der Waals surface area contributed by atoms with Crippen LogP contribution in [0.25, 0.3) is 6.08 Å². The second kappa shape index (κ2) is 7.99. The van der Waals surface area contributed by atoms with E-state index >= 15 is 0 Å². The van der Waals surface area contributed by atoms with Gasteiger partial charge in [-0.1, -0.05) is 0 Å². The van der Waals surface area contributed by atoms with Gasteiger partial charge in [0, 0.05) is 10.0 Å². The minimum atomic E-state index is -1.81. The number of hydrogen-bond acceptors (Lipinski definition) is 5. The van der Waals surface area contributed by atoms with Crippen LogP contribution in [0.2, 0.25) is 0 Å². The summed E-state index contributed by atoms with van der Waals surface area (Å²) < 4.78 is 0.0282. The molecule has 0 aromatic heterocycles. The van der Waals surface area contributed by atoms with E-state index in [1.165, 1.54) is 0 Å². The van der Waals surface area contributed by atoms with Crippen LogP contribution in [0.15, 0.2) is 19.0 Å². The normalized spacial score (nSPS) is 12.7. The molecule has 0 aliphatic carbocycles. The third kappa shape index (κ3) is 4.28. The van der Waals surface area contributed by atoms with Crippen LogP contribution in [0, 0.1) is 5.92 Å². The molecule has 0 saturated heterocycles. The van der Waals surface area contributed by atoms with Gasteiger partial charge in [0.25, 0.3) is 0 Å². The Kier molecular flexibility index (Phi) is 6.81. The van der Waals surface area contributed by atoms with Gasteiger partial charge in [-0.25, -0.2) is 4.79 Å². The molecule has 130 valence electrons. The number of phenolic OH excluding ortho intramolecular Hbond substituents is 2. The van der Waals surface area contributed by atoms with Crippen LogP contribution in [0.4, 0.5) is 0 Å². The van der Waals surface area contributed by atoms with E-state index in [2.05, 4.69) is 47.8 Å². The van der Waals surface area contributed by atoms with Gasteiger partial charge in [-0.15, -0.1) is 0 Å². The van der Waals surface area contributed by atoms with E-state index < -0.39 is 47.3 Å². The molecule has 0 saturated carbocycles. The van der Waals surface area contributed by atoms with Gasteiger partial charge in [-0.2, -0.15) is 0 Å². The quantitative estimate of drug-likeness (QED) is 0.213. The number of aromatic hydroxyl groups is 2. The van der Waals surface area contributed by atoms with Crippen molar-refractivity contribution in [3.8, 4) is 11.5 Å². The smallest absolute Gasteiger partial charge is 0.332 e. The van der Waals surface area contributed by atoms with E-state index in [1.807, 2.05) is 0 Å². The Morgan fingerprint density at radius 3 is 1.83 bits per heavy atom. The minimum absolute atomic E-state index is 0.00398. The summed E-state index contributed by atoms with van der Waals surface area (Å²) >= 11 is 9.03. The number of carbonyl (C=O) groups is 3. The number of rotatable bonds is 6. The predicted molar refractivity (Wildman–Crippen MR) is 91.9 cm³/mol. The molecule has 0 aliphatic heterocycles. The summed E-state index contributed by atoms with van der Waals surface area (Å²) in [6.45, 7) is 0. The molecule has 1 aromatic carbocycles. The lowest BCUT2D eigenvalue weighted by Crippen LogP contribution is -2.24. The van der Waals surface area contributed by atoms with Gasteiger partial charge in [-0.3, -0.25) is 9.59 Å². The molecule has 1 rings (SSSR count). The van der Waals surface area contributed by atoms with Crippen molar-refractivity contribution in [3.63, 3.8) is 0 Å². The maximum atomic E-state index is 11.4. The molecule has 0 aliphatic rings. The molecule has 5 N–H and O–H groups in total. The van der Waals surface area contributed by atoms with Crippen LogP contribution in [0.1, 0.15) is 12.0 Å². The average Bonchev–Trinajstić information content (AvgIpc) is 2.48. The van der Waals surface area contributed by atoms with Crippen molar-refractivity contribution in [2.45, 2.75) is 6.42 Å². The van der Waals surface area contributed by atoms with Gasteiger partial charge in [0.05, 0.1) is 26.9 Å². The zero-order valence-electron chi connectivity index (χ0n) is 11.5. The Bertz CT molecular complexity index is 727. The van der Waals surface area contributed by atoms with Crippen molar-refractivity contribution in [1.29, 1.82) is 0 Å². The number of carboxylic acid groups (broad SMARTS) is 3. The van der Waals surface area contributed by atoms with Gasteiger partial charge in [-0.05, 0) is 53.9 Å². The lowest BCUT2D eigenvalue weighted by Gasteiger charge is -2.14. The predicted octanol–water partition coefficient (Wildman–Crippen LogP) is 3.03. The van der Waals surface area contributed by atoms with Crippen molar-refractivity contribution in [1.82, 2.24) is 0 Å². The van der Waals surface area contributed by atoms with E-state index in [-0.39, 0.29) is 19.0 Å². The first-order valence-corrected chi connectivity index (χ1v) is 8.34. The fraction of sp³-hybridized carbons (Fsp3) is 0.154. The van der Waals surface area contributed by atoms with E-state index in [0.29, 0.717) is 0 Å². The average molecular weight is 533 g/mol. The third-order valence-corrected chi connectivity index (χ3v) is 5.84. The summed E-state index contributed by atoms with van der Waals surface area (Å²) in [5.74, 6) is -7.68. The monoisotopic (exact) mass is 530 g/mol. The molecular weight excluding hydrogens is 524 g/mol. The second-order valence-corrected chi connectivity index (χ2v) is 6.83. The van der Waals surface area contributed by atoms with Crippen LogP contribution in [-0.4, -0.2) is 43.4 Å². The highest BCUT2D eigenvalue weighted by Crippen LogP contribution is 2.47. The Hall–Kier alpha value is -1.59. The number of halogens is 3. The molecule has 0 radical (unpaired) electrons. The molecule has 0 heterocycles. The number of benzene rings is 1. The second-order valence-electron chi connectivity index (χ2n) is 4.45. The number of phenols is 2. The van der Waals surface area contributed by atoms with Gasteiger partial charge in [0.2, 0.25) is 0 Å². The van der Waals surface area contributed by atoms with E-state index in [1.54, 1.807) is 0 Å². The van der Waals surface area contributed by atoms with Gasteiger partial charge >= 0.3 is 17.9 Å². The number of carboxylic acids is 3. The molecule has 0 bridgehead atoms. The Morgan fingerprint density at radius 1 is 0.917 bits per heavy atom. The Labute approximate surface area is 159 Å². The molecule has 0 fully saturated rings. The van der Waals surface area contributed by atoms with Crippen LogP contribution in [0.3, 0.4) is 0 Å². The number of hydrogen-bond donors (Lipinski definition) is 5. The van der Waals surface area contributed by atoms with Gasteiger partial charge < -0.3 is 25.5 Å². The summed E-state index contributed by atoms with van der Waals surface area (Å²) in [6, 6.07) is 0. The molecule has 1 atom stereocenters. The molecule has 0 unspecified atom stereocenters. The summed E-state index contributed by atoms with van der Waals surface area (Å²) in [7, 11) is 0. The SMILES string of the molecule is O=C(O)C[C@H](C(=O)O)/C(=C\c1c(Br)c(O)c(O)c(Br)c1Br)C(=O)O. The molecule has 0 amide bonds. The summed E-state index contributed by atoms with van der Waals surface area (Å²) in [5.41, 5.74) is -0.700. The van der Waals surface area contributed by atoms with Crippen molar-refractivity contribution < 1.29 is 39.9 Å². The maximum Gasteiger partial charge on any atom is 0.332 e. The third-order valence-electron chi connectivity index (χ3n) is 2.90. The summed E-state index contributed by atoms with van der Waals surface area (Å²) in [6.07, 6.45) is -0.0317. The lowest BCUT2D eigenvalue weighted by molar-refractivity contribution is -0.148. The van der Waals surface area contributed by atoms with Crippen LogP contribution >= 0.6 is 47.8 Å². The van der Waals surface area contributed by atoms with E-state index in [9.17, 15) is 29.7 Å². The van der Waals surface area contributed by atoms with Gasteiger partial charge in [0.1, 0.15) is 0 Å². The summed E-state index contributed by atoms with van der Waals surface area (Å²) in [4.78, 5) is 33.4. The fourth-order valence-electron chi connectivity index (χ4n) is 1.75. The van der Waals surface area contributed by atoms with Crippen molar-refractivity contribution >= 4 is 71.8 Å². The van der Waals surface area contributed by atoms with Crippen LogP contribution in [0.5, 0.6) is 11.5 Å². The van der Waals surface area contributed by atoms with Gasteiger partial charge in [0.15, 0.2) is 11.5 Å². The first-order valence-electron chi connectivity index (χ1n) is 5.96. The molecule has 11 heteroatoms. The maximum absolute atomic E-state index is 11.4.